The van der Waals surface area contributed by atoms with Crippen LogP contribution in [0.4, 0.5) is 0 Å². The highest BCUT2D eigenvalue weighted by atomic mass is 16.5. The maximum Gasteiger partial charge on any atom is 0.251 e. The first kappa shape index (κ1) is 15.6. The molecule has 3 aliphatic rings. The fraction of sp³-hybridized carbons (Fsp3) is 0.611. The van der Waals surface area contributed by atoms with Gasteiger partial charge in [-0.05, 0) is 24.5 Å². The molecule has 1 aromatic heterocycles. The number of likely N-dealkylation sites (tertiary alicyclic amines) is 1. The maximum absolute atomic E-state index is 12.4. The third kappa shape index (κ3) is 2.90. The number of amides is 2. The summed E-state index contributed by atoms with van der Waals surface area (Å²) in [6.07, 6.45) is 4.38. The number of hydrogen-bond acceptors (Lipinski definition) is 4. The molecule has 0 radical (unpaired) electrons. The molecule has 4 rings (SSSR count). The molecule has 1 N–H and O–H groups in total. The minimum absolute atomic E-state index is 0.0846. The van der Waals surface area contributed by atoms with Gasteiger partial charge in [0.15, 0.2) is 0 Å². The van der Waals surface area contributed by atoms with Crippen molar-refractivity contribution in [3.63, 3.8) is 0 Å². The molecule has 1 saturated carbocycles. The van der Waals surface area contributed by atoms with Gasteiger partial charge in [-0.2, -0.15) is 0 Å². The van der Waals surface area contributed by atoms with E-state index >= 15 is 0 Å². The molecular formula is C18H23N3O3. The van der Waals surface area contributed by atoms with Crippen molar-refractivity contribution in [2.24, 2.45) is 23.7 Å². The van der Waals surface area contributed by atoms with Crippen molar-refractivity contribution in [3.05, 3.63) is 30.1 Å². The first-order valence-corrected chi connectivity index (χ1v) is 8.72. The number of ether oxygens (including phenoxy) is 1. The minimum atomic E-state index is -0.0846. The molecule has 1 aliphatic carbocycles. The third-order valence-corrected chi connectivity index (χ3v) is 5.64. The maximum atomic E-state index is 12.4. The molecule has 2 aliphatic heterocycles. The topological polar surface area (TPSA) is 71.5 Å². The first-order chi connectivity index (χ1) is 11.6. The van der Waals surface area contributed by atoms with Crippen LogP contribution in [0.2, 0.25) is 0 Å². The van der Waals surface area contributed by atoms with E-state index < -0.39 is 0 Å². The van der Waals surface area contributed by atoms with E-state index in [0.29, 0.717) is 43.0 Å². The summed E-state index contributed by atoms with van der Waals surface area (Å²) in [7, 11) is 0. The van der Waals surface area contributed by atoms with Crippen LogP contribution in [0.1, 0.15) is 23.7 Å². The van der Waals surface area contributed by atoms with Crippen molar-refractivity contribution < 1.29 is 14.3 Å². The number of hydrogen-bond donors (Lipinski definition) is 1. The van der Waals surface area contributed by atoms with Gasteiger partial charge >= 0.3 is 0 Å². The molecule has 0 unspecified atom stereocenters. The van der Waals surface area contributed by atoms with E-state index in [9.17, 15) is 9.59 Å². The fourth-order valence-electron chi connectivity index (χ4n) is 3.92. The Hall–Kier alpha value is -1.95. The monoisotopic (exact) mass is 329 g/mol. The van der Waals surface area contributed by atoms with Gasteiger partial charge in [-0.25, -0.2) is 0 Å². The number of rotatable bonds is 4. The first-order valence-electron chi connectivity index (χ1n) is 8.72. The van der Waals surface area contributed by atoms with Crippen molar-refractivity contribution in [1.29, 1.82) is 0 Å². The Morgan fingerprint density at radius 3 is 2.79 bits per heavy atom. The van der Waals surface area contributed by atoms with Crippen molar-refractivity contribution >= 4 is 11.8 Å². The van der Waals surface area contributed by atoms with Crippen molar-refractivity contribution in [1.82, 2.24) is 15.2 Å². The Kier molecular flexibility index (Phi) is 4.00. The summed E-state index contributed by atoms with van der Waals surface area (Å²) in [6.45, 7) is 4.86. The lowest BCUT2D eigenvalue weighted by atomic mass is 9.93. The zero-order chi connectivity index (χ0) is 16.7. The summed E-state index contributed by atoms with van der Waals surface area (Å²) in [5.74, 6) is 1.58. The Balaban J connectivity index is 1.31. The van der Waals surface area contributed by atoms with Gasteiger partial charge in [0.2, 0.25) is 5.91 Å². The number of carbonyl (C=O) groups excluding carboxylic acids is 2. The molecule has 24 heavy (non-hydrogen) atoms. The second-order valence-corrected chi connectivity index (χ2v) is 7.30. The van der Waals surface area contributed by atoms with E-state index in [0.717, 1.165) is 13.0 Å². The van der Waals surface area contributed by atoms with E-state index in [1.807, 2.05) is 4.90 Å². The average Bonchev–Trinajstić information content (AvgIpc) is 3.02. The predicted octanol–water partition coefficient (Wildman–Crippen LogP) is 0.941. The Morgan fingerprint density at radius 1 is 1.33 bits per heavy atom. The highest BCUT2D eigenvalue weighted by molar-refractivity contribution is 5.93. The lowest BCUT2D eigenvalue weighted by Crippen LogP contribution is -2.36. The highest BCUT2D eigenvalue weighted by Gasteiger charge is 2.49. The second kappa shape index (κ2) is 6.16. The van der Waals surface area contributed by atoms with Crippen LogP contribution in [-0.2, 0) is 9.53 Å². The standard InChI is InChI=1S/C18H23N3O3/c1-11-6-14(11)18(23)21-8-15-13(10-24-16(15)9-21)7-20-17(22)12-2-4-19-5-3-12/h2-5,11,13-16H,6-10H2,1H3,(H,20,22)/t11-,13+,14-,15-,16-/m1/s1. The Morgan fingerprint density at radius 2 is 2.08 bits per heavy atom. The Labute approximate surface area is 141 Å². The van der Waals surface area contributed by atoms with Crippen LogP contribution < -0.4 is 5.32 Å². The van der Waals surface area contributed by atoms with E-state index in [-0.39, 0.29) is 23.8 Å². The largest absolute Gasteiger partial charge is 0.376 e. The van der Waals surface area contributed by atoms with Gasteiger partial charge in [0.1, 0.15) is 0 Å². The summed E-state index contributed by atoms with van der Waals surface area (Å²) >= 11 is 0. The van der Waals surface area contributed by atoms with Crippen LogP contribution in [0, 0.1) is 23.7 Å². The smallest absolute Gasteiger partial charge is 0.251 e. The third-order valence-electron chi connectivity index (χ3n) is 5.64. The summed E-state index contributed by atoms with van der Waals surface area (Å²) in [5.41, 5.74) is 0.617. The van der Waals surface area contributed by atoms with Gasteiger partial charge in [0.05, 0.1) is 12.7 Å². The predicted molar refractivity (Wildman–Crippen MR) is 87.1 cm³/mol. The van der Waals surface area contributed by atoms with Gasteiger partial charge in [-0.15, -0.1) is 0 Å². The Bertz CT molecular complexity index is 636. The lowest BCUT2D eigenvalue weighted by Gasteiger charge is -2.20. The van der Waals surface area contributed by atoms with Gasteiger partial charge in [-0.1, -0.05) is 6.92 Å². The molecule has 1 aromatic rings. The molecule has 2 saturated heterocycles. The molecule has 3 heterocycles. The minimum Gasteiger partial charge on any atom is -0.376 e. The zero-order valence-electron chi connectivity index (χ0n) is 13.9. The molecule has 0 aromatic carbocycles. The molecular weight excluding hydrogens is 306 g/mol. The average molecular weight is 329 g/mol. The van der Waals surface area contributed by atoms with Gasteiger partial charge in [0, 0.05) is 55.3 Å². The molecule has 2 amide bonds. The molecule has 0 spiro atoms. The quantitative estimate of drug-likeness (QED) is 0.892. The van der Waals surface area contributed by atoms with Crippen LogP contribution in [0.15, 0.2) is 24.5 Å². The molecule has 6 nitrogen and oxygen atoms in total. The number of carbonyl (C=O) groups is 2. The van der Waals surface area contributed by atoms with Gasteiger partial charge in [-0.3, -0.25) is 14.6 Å². The van der Waals surface area contributed by atoms with Crippen molar-refractivity contribution in [2.45, 2.75) is 19.4 Å². The van der Waals surface area contributed by atoms with Crippen LogP contribution in [0.25, 0.3) is 0 Å². The van der Waals surface area contributed by atoms with Crippen LogP contribution in [-0.4, -0.2) is 54.0 Å². The number of pyridine rings is 1. The summed E-state index contributed by atoms with van der Waals surface area (Å²) in [5, 5.41) is 2.99. The van der Waals surface area contributed by atoms with Crippen LogP contribution in [0.3, 0.4) is 0 Å². The van der Waals surface area contributed by atoms with E-state index in [1.165, 1.54) is 0 Å². The molecule has 3 fully saturated rings. The molecule has 0 bridgehead atoms. The number of fused-ring (bicyclic) bond motifs is 1. The normalized spacial score (nSPS) is 34.0. The zero-order valence-corrected chi connectivity index (χ0v) is 13.9. The summed E-state index contributed by atoms with van der Waals surface area (Å²) in [4.78, 5) is 30.5. The fourth-order valence-corrected chi connectivity index (χ4v) is 3.92. The molecule has 5 atom stereocenters. The van der Waals surface area contributed by atoms with E-state index in [4.69, 9.17) is 4.74 Å². The lowest BCUT2D eigenvalue weighted by molar-refractivity contribution is -0.132. The SMILES string of the molecule is C[C@@H]1C[C@H]1C(=O)N1C[C@@H]2[C@@H](CNC(=O)c3ccncc3)CO[C@@H]2C1. The summed E-state index contributed by atoms with van der Waals surface area (Å²) in [6, 6.07) is 3.41. The van der Waals surface area contributed by atoms with E-state index in [2.05, 4.69) is 17.2 Å². The van der Waals surface area contributed by atoms with E-state index in [1.54, 1.807) is 24.5 Å². The second-order valence-electron chi connectivity index (χ2n) is 7.30. The van der Waals surface area contributed by atoms with Crippen molar-refractivity contribution in [3.8, 4) is 0 Å². The van der Waals surface area contributed by atoms with Gasteiger partial charge < -0.3 is 15.0 Å². The number of aromatic nitrogens is 1. The van der Waals surface area contributed by atoms with Crippen LogP contribution >= 0.6 is 0 Å². The van der Waals surface area contributed by atoms with Crippen molar-refractivity contribution in [2.75, 3.05) is 26.2 Å². The molecule has 6 heteroatoms. The van der Waals surface area contributed by atoms with Crippen LogP contribution in [0.5, 0.6) is 0 Å². The number of nitrogens with one attached hydrogen (secondary N) is 1. The molecule has 128 valence electrons. The number of nitrogens with zero attached hydrogens (tertiary/aromatic N) is 2. The highest BCUT2D eigenvalue weighted by Crippen LogP contribution is 2.41. The van der Waals surface area contributed by atoms with Gasteiger partial charge in [0.25, 0.3) is 5.91 Å². The summed E-state index contributed by atoms with van der Waals surface area (Å²) < 4.78 is 5.88.